The van der Waals surface area contributed by atoms with Crippen molar-refractivity contribution in [1.29, 1.82) is 5.26 Å². The summed E-state index contributed by atoms with van der Waals surface area (Å²) in [7, 11) is -3.31. The number of nitriles is 1. The number of aliphatic hydroxyl groups is 1. The van der Waals surface area contributed by atoms with Crippen LogP contribution in [-0.2, 0) is 16.3 Å². The summed E-state index contributed by atoms with van der Waals surface area (Å²) < 4.78 is 95.2. The first-order valence-electron chi connectivity index (χ1n) is 12.6. The Morgan fingerprint density at radius 1 is 1.27 bits per heavy atom. The van der Waals surface area contributed by atoms with Crippen molar-refractivity contribution in [2.45, 2.75) is 65.8 Å². The number of benzene rings is 1. The zero-order valence-electron chi connectivity index (χ0n) is 23.2. The first-order chi connectivity index (χ1) is 18.8. The standard InChI is InChI=1S/C26H33F5N4O5S/c1-6-17(20(36)9-10-41(5,38)39)14-33-23(37)22-19(13-32)35(15(2)34-22)18-8-7-16(11-21(18)40-24(27)28)12-25(3,4)26(29,30)31/h7-8,11,17,20,24,36H,6,9-10,12,14H2,1-5H3,(H,33,37)/t17-,20+/m0/s1. The van der Waals surface area contributed by atoms with Crippen molar-refractivity contribution in [2.75, 3.05) is 18.6 Å². The van der Waals surface area contributed by atoms with E-state index in [2.05, 4.69) is 15.0 Å². The number of aromatic nitrogens is 2. The molecule has 1 amide bonds. The highest BCUT2D eigenvalue weighted by Gasteiger charge is 2.47. The molecule has 2 rings (SSSR count). The maximum absolute atomic E-state index is 13.4. The molecule has 9 nitrogen and oxygen atoms in total. The number of amides is 1. The number of aryl methyl sites for hydroxylation is 1. The summed E-state index contributed by atoms with van der Waals surface area (Å²) in [6.07, 6.45) is -4.72. The summed E-state index contributed by atoms with van der Waals surface area (Å²) in [6, 6.07) is 5.33. The molecule has 0 saturated heterocycles. The van der Waals surface area contributed by atoms with E-state index in [0.29, 0.717) is 6.42 Å². The van der Waals surface area contributed by atoms with Crippen molar-refractivity contribution < 1.29 is 45.0 Å². The van der Waals surface area contributed by atoms with Gasteiger partial charge in [0.15, 0.2) is 11.4 Å². The fourth-order valence-corrected chi connectivity index (χ4v) is 4.84. The van der Waals surface area contributed by atoms with E-state index in [-0.39, 0.29) is 47.2 Å². The number of halogens is 5. The first-order valence-corrected chi connectivity index (χ1v) is 14.7. The summed E-state index contributed by atoms with van der Waals surface area (Å²) in [6.45, 7) is 1.68. The number of nitrogens with zero attached hydrogens (tertiary/aromatic N) is 3. The van der Waals surface area contributed by atoms with Gasteiger partial charge >= 0.3 is 12.8 Å². The number of imidazole rings is 1. The van der Waals surface area contributed by atoms with Gasteiger partial charge < -0.3 is 15.2 Å². The monoisotopic (exact) mass is 608 g/mol. The second-order valence-corrected chi connectivity index (χ2v) is 12.7. The fraction of sp³-hybridized carbons (Fsp3) is 0.577. The van der Waals surface area contributed by atoms with Crippen LogP contribution >= 0.6 is 0 Å². The van der Waals surface area contributed by atoms with Gasteiger partial charge in [-0.25, -0.2) is 13.4 Å². The molecular weight excluding hydrogens is 575 g/mol. The van der Waals surface area contributed by atoms with Gasteiger partial charge in [0.2, 0.25) is 0 Å². The van der Waals surface area contributed by atoms with Gasteiger partial charge in [-0.05, 0) is 43.9 Å². The number of aliphatic hydroxyl groups excluding tert-OH is 1. The van der Waals surface area contributed by atoms with Crippen molar-refractivity contribution in [3.8, 4) is 17.5 Å². The maximum atomic E-state index is 13.4. The lowest BCUT2D eigenvalue weighted by atomic mass is 9.85. The van der Waals surface area contributed by atoms with E-state index in [1.165, 1.54) is 19.1 Å². The lowest BCUT2D eigenvalue weighted by molar-refractivity contribution is -0.211. The zero-order chi connectivity index (χ0) is 31.3. The molecule has 0 aliphatic heterocycles. The number of hydrogen-bond acceptors (Lipinski definition) is 7. The lowest BCUT2D eigenvalue weighted by Crippen LogP contribution is -2.36. The minimum absolute atomic E-state index is 0.0343. The van der Waals surface area contributed by atoms with E-state index in [9.17, 15) is 45.5 Å². The molecule has 0 fully saturated rings. The Balaban J connectivity index is 2.41. The van der Waals surface area contributed by atoms with Crippen LogP contribution in [0.4, 0.5) is 22.0 Å². The molecule has 0 bridgehead atoms. The number of rotatable bonds is 13. The third-order valence-corrected chi connectivity index (χ3v) is 7.62. The van der Waals surface area contributed by atoms with Crippen LogP contribution in [0.5, 0.6) is 5.75 Å². The van der Waals surface area contributed by atoms with Crippen molar-refractivity contribution >= 4 is 15.7 Å². The normalized spacial score (nSPS) is 14.0. The Morgan fingerprint density at radius 2 is 1.90 bits per heavy atom. The molecular formula is C26H33F5N4O5S. The number of carbonyl (C=O) groups is 1. The van der Waals surface area contributed by atoms with E-state index >= 15 is 0 Å². The lowest BCUT2D eigenvalue weighted by Gasteiger charge is -2.28. The second-order valence-electron chi connectivity index (χ2n) is 10.4. The topological polar surface area (TPSA) is 134 Å². The summed E-state index contributed by atoms with van der Waals surface area (Å²) in [5.41, 5.74) is -2.94. The minimum Gasteiger partial charge on any atom is -0.433 e. The summed E-state index contributed by atoms with van der Waals surface area (Å²) in [5, 5.41) is 22.8. The molecule has 1 aromatic carbocycles. The van der Waals surface area contributed by atoms with Crippen LogP contribution in [-0.4, -0.2) is 66.4 Å². The average molecular weight is 609 g/mol. The molecule has 2 atom stereocenters. The third-order valence-electron chi connectivity index (χ3n) is 6.64. The molecule has 0 aliphatic rings. The van der Waals surface area contributed by atoms with Crippen molar-refractivity contribution in [3.05, 3.63) is 41.0 Å². The van der Waals surface area contributed by atoms with Gasteiger partial charge in [0, 0.05) is 18.7 Å². The van der Waals surface area contributed by atoms with Crippen LogP contribution in [0.3, 0.4) is 0 Å². The Bertz CT molecular complexity index is 1380. The van der Waals surface area contributed by atoms with E-state index < -0.39 is 58.1 Å². The molecule has 41 heavy (non-hydrogen) atoms. The Morgan fingerprint density at radius 3 is 2.41 bits per heavy atom. The average Bonchev–Trinajstić information content (AvgIpc) is 3.17. The number of ether oxygens (including phenoxy) is 1. The van der Waals surface area contributed by atoms with Gasteiger partial charge in [0.05, 0.1) is 23.0 Å². The molecule has 0 spiro atoms. The molecule has 0 unspecified atom stereocenters. The number of carbonyl (C=O) groups excluding carboxylic acids is 1. The summed E-state index contributed by atoms with van der Waals surface area (Å²) in [4.78, 5) is 17.1. The van der Waals surface area contributed by atoms with Crippen molar-refractivity contribution in [3.63, 3.8) is 0 Å². The number of sulfone groups is 1. The highest BCUT2D eigenvalue weighted by Crippen LogP contribution is 2.41. The molecule has 2 aromatic rings. The van der Waals surface area contributed by atoms with Crippen LogP contribution in [0.15, 0.2) is 18.2 Å². The molecule has 0 radical (unpaired) electrons. The maximum Gasteiger partial charge on any atom is 0.394 e. The first kappa shape index (κ1) is 34.0. The Labute approximate surface area is 235 Å². The zero-order valence-corrected chi connectivity index (χ0v) is 24.0. The molecule has 1 aromatic heterocycles. The van der Waals surface area contributed by atoms with Gasteiger partial charge in [-0.2, -0.15) is 27.2 Å². The van der Waals surface area contributed by atoms with E-state index in [4.69, 9.17) is 0 Å². The van der Waals surface area contributed by atoms with Crippen LogP contribution < -0.4 is 10.1 Å². The minimum atomic E-state index is -4.56. The number of nitrogens with one attached hydrogen (secondary N) is 1. The molecule has 0 aliphatic carbocycles. The fourth-order valence-electron chi connectivity index (χ4n) is 4.17. The largest absolute Gasteiger partial charge is 0.433 e. The molecule has 1 heterocycles. The molecule has 0 saturated carbocycles. The van der Waals surface area contributed by atoms with Gasteiger partial charge in [-0.3, -0.25) is 9.36 Å². The van der Waals surface area contributed by atoms with E-state index in [0.717, 1.165) is 30.7 Å². The van der Waals surface area contributed by atoms with Gasteiger partial charge in [0.25, 0.3) is 5.91 Å². The molecule has 15 heteroatoms. The predicted octanol–water partition coefficient (Wildman–Crippen LogP) is 4.34. The summed E-state index contributed by atoms with van der Waals surface area (Å²) >= 11 is 0. The van der Waals surface area contributed by atoms with Gasteiger partial charge in [0.1, 0.15) is 27.5 Å². The van der Waals surface area contributed by atoms with Crippen molar-refractivity contribution in [1.82, 2.24) is 14.9 Å². The third kappa shape index (κ3) is 8.87. The van der Waals surface area contributed by atoms with Crippen LogP contribution in [0.1, 0.15) is 61.2 Å². The van der Waals surface area contributed by atoms with Gasteiger partial charge in [-0.1, -0.05) is 26.8 Å². The summed E-state index contributed by atoms with van der Waals surface area (Å²) in [5.74, 6) is -2.03. The number of alkyl halides is 5. The highest BCUT2D eigenvalue weighted by atomic mass is 32.2. The van der Waals surface area contributed by atoms with Crippen LogP contribution in [0, 0.1) is 29.6 Å². The smallest absolute Gasteiger partial charge is 0.394 e. The predicted molar refractivity (Wildman–Crippen MR) is 140 cm³/mol. The highest BCUT2D eigenvalue weighted by molar-refractivity contribution is 7.90. The van der Waals surface area contributed by atoms with Crippen molar-refractivity contribution in [2.24, 2.45) is 11.3 Å². The van der Waals surface area contributed by atoms with Crippen LogP contribution in [0.25, 0.3) is 5.69 Å². The second kappa shape index (κ2) is 13.2. The number of hydrogen-bond donors (Lipinski definition) is 2. The Kier molecular flexibility index (Phi) is 10.9. The van der Waals surface area contributed by atoms with E-state index in [1.807, 2.05) is 6.07 Å². The molecule has 2 N–H and O–H groups in total. The van der Waals surface area contributed by atoms with E-state index in [1.54, 1.807) is 6.92 Å². The Hall–Kier alpha value is -3.25. The SMILES string of the molecule is CC[C@@H](CNC(=O)c1nc(C)n(-c2ccc(CC(C)(C)C(F)(F)F)cc2OC(F)F)c1C#N)[C@H](O)CCS(C)(=O)=O. The quantitative estimate of drug-likeness (QED) is 0.323. The molecule has 228 valence electrons. The van der Waals surface area contributed by atoms with Crippen LogP contribution in [0.2, 0.25) is 0 Å². The van der Waals surface area contributed by atoms with Gasteiger partial charge in [-0.15, -0.1) is 0 Å².